The highest BCUT2D eigenvalue weighted by atomic mass is 16.6. The number of carbonyl (C=O) groups is 3. The fraction of sp³-hybridized carbons (Fsp3) is 0.643. The number of Topliss-reactive ketones (excluding diaryl/α,β-unsaturated/α-hetero) is 1. The van der Waals surface area contributed by atoms with Crippen LogP contribution in [0.1, 0.15) is 33.1 Å². The normalized spacial score (nSPS) is 28.0. The number of allylic oxidation sites excluding steroid dienone is 1. The average Bonchev–Trinajstić information content (AvgIpc) is 2.75. The summed E-state index contributed by atoms with van der Waals surface area (Å²) in [4.78, 5) is 36.2. The lowest BCUT2D eigenvalue weighted by molar-refractivity contribution is -0.181. The van der Waals surface area contributed by atoms with Gasteiger partial charge in [-0.2, -0.15) is 0 Å². The minimum atomic E-state index is -2.42. The van der Waals surface area contributed by atoms with E-state index < -0.39 is 29.4 Å². The maximum absolute atomic E-state index is 12.1. The molecule has 2 rings (SSSR count). The van der Waals surface area contributed by atoms with Gasteiger partial charge in [0, 0.05) is 12.8 Å². The van der Waals surface area contributed by atoms with Crippen LogP contribution in [-0.2, 0) is 28.6 Å². The number of aliphatic hydroxyl groups is 1. The van der Waals surface area contributed by atoms with Crippen molar-refractivity contribution in [3.63, 3.8) is 0 Å². The molecule has 7 heteroatoms. The molecule has 2 unspecified atom stereocenters. The van der Waals surface area contributed by atoms with E-state index in [0.29, 0.717) is 12.8 Å². The van der Waals surface area contributed by atoms with Gasteiger partial charge in [-0.1, -0.05) is 0 Å². The van der Waals surface area contributed by atoms with Gasteiger partial charge in [0.1, 0.15) is 5.76 Å². The SMILES string of the molecule is CCOC(=O)C1OC2=C(C(=O)CCC2)C1(O)C(=O)OCC. The van der Waals surface area contributed by atoms with Crippen molar-refractivity contribution in [3.8, 4) is 0 Å². The smallest absolute Gasteiger partial charge is 0.351 e. The van der Waals surface area contributed by atoms with Crippen LogP contribution in [-0.4, -0.2) is 47.7 Å². The molecule has 116 valence electrons. The van der Waals surface area contributed by atoms with Crippen LogP contribution in [0.3, 0.4) is 0 Å². The second-order valence-electron chi connectivity index (χ2n) is 4.81. The number of carbonyl (C=O) groups excluding carboxylic acids is 3. The van der Waals surface area contributed by atoms with Crippen molar-refractivity contribution in [2.45, 2.75) is 44.8 Å². The van der Waals surface area contributed by atoms with Crippen molar-refractivity contribution < 1.29 is 33.7 Å². The Bertz CT molecular complexity index is 507. The first-order valence-electron chi connectivity index (χ1n) is 6.96. The Balaban J connectivity index is 2.44. The molecule has 0 amide bonds. The quantitative estimate of drug-likeness (QED) is 0.743. The summed E-state index contributed by atoms with van der Waals surface area (Å²) in [6.07, 6.45) is -0.465. The van der Waals surface area contributed by atoms with Gasteiger partial charge in [-0.05, 0) is 20.3 Å². The van der Waals surface area contributed by atoms with Gasteiger partial charge in [-0.25, -0.2) is 9.59 Å². The van der Waals surface area contributed by atoms with Crippen molar-refractivity contribution in [2.24, 2.45) is 0 Å². The van der Waals surface area contributed by atoms with Gasteiger partial charge in [-0.15, -0.1) is 0 Å². The van der Waals surface area contributed by atoms with Crippen molar-refractivity contribution in [1.82, 2.24) is 0 Å². The summed E-state index contributed by atoms with van der Waals surface area (Å²) in [6.45, 7) is 3.23. The lowest BCUT2D eigenvalue weighted by Gasteiger charge is -2.26. The third-order valence-corrected chi connectivity index (χ3v) is 3.47. The summed E-state index contributed by atoms with van der Waals surface area (Å²) in [5.74, 6) is -2.18. The summed E-state index contributed by atoms with van der Waals surface area (Å²) < 4.78 is 15.0. The van der Waals surface area contributed by atoms with Gasteiger partial charge in [0.25, 0.3) is 0 Å². The van der Waals surface area contributed by atoms with Crippen molar-refractivity contribution >= 4 is 17.7 Å². The third-order valence-electron chi connectivity index (χ3n) is 3.47. The fourth-order valence-corrected chi connectivity index (χ4v) is 2.60. The number of rotatable bonds is 4. The number of hydrogen-bond acceptors (Lipinski definition) is 7. The van der Waals surface area contributed by atoms with E-state index in [1.54, 1.807) is 13.8 Å². The molecule has 0 bridgehead atoms. The standard InChI is InChI=1S/C14H18O7/c1-3-19-12(16)11-14(18,13(17)20-4-2)10-8(15)6-5-7-9(10)21-11/h11,18H,3-7H2,1-2H3. The molecule has 2 aliphatic rings. The lowest BCUT2D eigenvalue weighted by Crippen LogP contribution is -2.55. The molecule has 7 nitrogen and oxygen atoms in total. The molecule has 0 saturated carbocycles. The third kappa shape index (κ3) is 2.42. The summed E-state index contributed by atoms with van der Waals surface area (Å²) in [6, 6.07) is 0. The number of ether oxygens (including phenoxy) is 3. The van der Waals surface area contributed by atoms with Gasteiger partial charge in [-0.3, -0.25) is 4.79 Å². The van der Waals surface area contributed by atoms with E-state index in [2.05, 4.69) is 0 Å². The molecule has 0 saturated heterocycles. The highest BCUT2D eigenvalue weighted by Crippen LogP contribution is 2.42. The largest absolute Gasteiger partial charge is 0.478 e. The van der Waals surface area contributed by atoms with Gasteiger partial charge < -0.3 is 19.3 Å². The topological polar surface area (TPSA) is 99.1 Å². The van der Waals surface area contributed by atoms with Crippen LogP contribution in [0, 0.1) is 0 Å². The van der Waals surface area contributed by atoms with E-state index in [-0.39, 0.29) is 31.0 Å². The second kappa shape index (κ2) is 5.85. The molecule has 0 radical (unpaired) electrons. The average molecular weight is 298 g/mol. The highest BCUT2D eigenvalue weighted by Gasteiger charge is 2.62. The molecule has 0 aromatic rings. The molecular formula is C14H18O7. The monoisotopic (exact) mass is 298 g/mol. The number of hydrogen-bond donors (Lipinski definition) is 1. The zero-order valence-electron chi connectivity index (χ0n) is 12.0. The van der Waals surface area contributed by atoms with Crippen LogP contribution in [0.5, 0.6) is 0 Å². The molecule has 2 atom stereocenters. The minimum absolute atomic E-state index is 0.00743. The zero-order chi connectivity index (χ0) is 15.6. The molecule has 0 spiro atoms. The number of ketones is 1. The predicted molar refractivity (Wildman–Crippen MR) is 69.0 cm³/mol. The lowest BCUT2D eigenvalue weighted by atomic mass is 9.82. The molecule has 1 aliphatic carbocycles. The van der Waals surface area contributed by atoms with Crippen LogP contribution in [0.15, 0.2) is 11.3 Å². The summed E-state index contributed by atoms with van der Waals surface area (Å²) in [5, 5.41) is 10.7. The van der Waals surface area contributed by atoms with Gasteiger partial charge in [0.05, 0.1) is 18.8 Å². The van der Waals surface area contributed by atoms with Crippen LogP contribution < -0.4 is 0 Å². The second-order valence-corrected chi connectivity index (χ2v) is 4.81. The van der Waals surface area contributed by atoms with Crippen molar-refractivity contribution in [1.29, 1.82) is 0 Å². The molecule has 0 fully saturated rings. The predicted octanol–water partition coefficient (Wildman–Crippen LogP) is 0.250. The Labute approximate surface area is 121 Å². The first-order chi connectivity index (χ1) is 9.96. The Morgan fingerprint density at radius 2 is 1.95 bits per heavy atom. The van der Waals surface area contributed by atoms with E-state index >= 15 is 0 Å². The first-order valence-corrected chi connectivity index (χ1v) is 6.96. The maximum atomic E-state index is 12.1. The first kappa shape index (κ1) is 15.5. The maximum Gasteiger partial charge on any atom is 0.351 e. The van der Waals surface area contributed by atoms with E-state index in [1.807, 2.05) is 0 Å². The molecular weight excluding hydrogens is 280 g/mol. The Kier molecular flexibility index (Phi) is 4.32. The Hall–Kier alpha value is -1.89. The van der Waals surface area contributed by atoms with Gasteiger partial charge in [0.2, 0.25) is 11.7 Å². The molecule has 1 N–H and O–H groups in total. The van der Waals surface area contributed by atoms with Crippen LogP contribution >= 0.6 is 0 Å². The Morgan fingerprint density at radius 3 is 2.57 bits per heavy atom. The summed E-state index contributed by atoms with van der Waals surface area (Å²) >= 11 is 0. The molecule has 0 aromatic carbocycles. The zero-order valence-corrected chi connectivity index (χ0v) is 12.0. The van der Waals surface area contributed by atoms with Crippen LogP contribution in [0.2, 0.25) is 0 Å². The molecule has 1 heterocycles. The van der Waals surface area contributed by atoms with E-state index in [1.165, 1.54) is 0 Å². The van der Waals surface area contributed by atoms with Crippen molar-refractivity contribution in [3.05, 3.63) is 11.3 Å². The minimum Gasteiger partial charge on any atom is -0.478 e. The van der Waals surface area contributed by atoms with E-state index in [4.69, 9.17) is 14.2 Å². The van der Waals surface area contributed by atoms with Gasteiger partial charge >= 0.3 is 11.9 Å². The van der Waals surface area contributed by atoms with Crippen LogP contribution in [0.4, 0.5) is 0 Å². The molecule has 21 heavy (non-hydrogen) atoms. The van der Waals surface area contributed by atoms with E-state index in [9.17, 15) is 19.5 Å². The number of esters is 2. The molecule has 1 aliphatic heterocycles. The Morgan fingerprint density at radius 1 is 1.29 bits per heavy atom. The fourth-order valence-electron chi connectivity index (χ4n) is 2.60. The van der Waals surface area contributed by atoms with E-state index in [0.717, 1.165) is 0 Å². The molecule has 0 aromatic heterocycles. The van der Waals surface area contributed by atoms with Gasteiger partial charge in [0.15, 0.2) is 5.78 Å². The highest BCUT2D eigenvalue weighted by molar-refractivity contribution is 6.08. The summed E-state index contributed by atoms with van der Waals surface area (Å²) in [5.41, 5.74) is -2.58. The van der Waals surface area contributed by atoms with Crippen molar-refractivity contribution in [2.75, 3.05) is 13.2 Å². The summed E-state index contributed by atoms with van der Waals surface area (Å²) in [7, 11) is 0. The van der Waals surface area contributed by atoms with Crippen LogP contribution in [0.25, 0.3) is 0 Å².